The molecule has 1 fully saturated rings. The number of aromatic nitrogens is 4. The van der Waals surface area contributed by atoms with Gasteiger partial charge in [-0.15, -0.1) is 0 Å². The van der Waals surface area contributed by atoms with E-state index in [0.29, 0.717) is 42.1 Å². The molecule has 0 radical (unpaired) electrons. The van der Waals surface area contributed by atoms with Crippen molar-refractivity contribution in [1.29, 1.82) is 0 Å². The topological polar surface area (TPSA) is 186 Å². The van der Waals surface area contributed by atoms with Gasteiger partial charge in [-0.05, 0) is 24.1 Å². The number of aryl methyl sites for hydroxylation is 1. The van der Waals surface area contributed by atoms with E-state index in [-0.39, 0.29) is 39.2 Å². The van der Waals surface area contributed by atoms with E-state index in [9.17, 15) is 27.9 Å². The Hall–Kier alpha value is -4.18. The molecule has 0 spiro atoms. The minimum atomic E-state index is -3.36. The van der Waals surface area contributed by atoms with E-state index in [1.165, 1.54) is 51.3 Å². The molecule has 0 aliphatic carbocycles. The Morgan fingerprint density at radius 3 is 2.61 bits per heavy atom. The molecule has 1 aromatic carbocycles. The fourth-order valence-electron chi connectivity index (χ4n) is 5.11. The summed E-state index contributed by atoms with van der Waals surface area (Å²) >= 11 is 12.5. The minimum absolute atomic E-state index is 0.147. The number of aromatic hydroxyl groups is 1. The molecule has 3 aromatic heterocycles. The second-order valence-corrected chi connectivity index (χ2v) is 13.3. The largest absolute Gasteiger partial charge is 0.506 e. The van der Waals surface area contributed by atoms with Crippen LogP contribution in [0.1, 0.15) is 16.8 Å². The second kappa shape index (κ2) is 11.7. The van der Waals surface area contributed by atoms with Gasteiger partial charge in [0.1, 0.15) is 23.8 Å². The molecule has 1 aliphatic heterocycles. The van der Waals surface area contributed by atoms with Crippen LogP contribution in [0.25, 0.3) is 22.2 Å². The van der Waals surface area contributed by atoms with Crippen molar-refractivity contribution in [2.24, 2.45) is 12.8 Å². The maximum absolute atomic E-state index is 13.3. The normalized spacial score (nSPS) is 15.3. The lowest BCUT2D eigenvalue weighted by Gasteiger charge is -2.23. The van der Waals surface area contributed by atoms with Crippen molar-refractivity contribution in [3.63, 3.8) is 0 Å². The lowest BCUT2D eigenvalue weighted by Crippen LogP contribution is -2.38. The molecule has 1 atom stereocenters. The highest BCUT2D eigenvalue weighted by Gasteiger charge is 2.31. The van der Waals surface area contributed by atoms with Gasteiger partial charge in [-0.2, -0.15) is 0 Å². The van der Waals surface area contributed by atoms with Gasteiger partial charge in [0.25, 0.3) is 11.5 Å². The standard InChI is InChI=1S/C27H28Cl2N8O6S/c1-34-13-32-26-23(27(34)41)17(14-6-16(25(30)40)24(39)18(28)7-14)11-37(26)12-22(38)33-20-8-21(31-9-19(20)29)36-5-4-15(10-36)35(2)44(3,42)43/h6-9,11,13,15,39H,4-5,10,12H2,1-3H3,(H2,30,40)(H,31,33,38)/t15-/m0/s1. The number of halogens is 2. The number of phenols is 1. The van der Waals surface area contributed by atoms with Crippen LogP contribution in [-0.4, -0.2) is 81.2 Å². The number of anilines is 2. The first-order chi connectivity index (χ1) is 20.6. The molecule has 1 saturated heterocycles. The van der Waals surface area contributed by atoms with Crippen LogP contribution in [0.15, 0.2) is 41.7 Å². The number of rotatable bonds is 8. The van der Waals surface area contributed by atoms with Crippen LogP contribution < -0.4 is 21.5 Å². The molecule has 0 unspecified atom stereocenters. The zero-order valence-electron chi connectivity index (χ0n) is 23.8. The Bertz CT molecular complexity index is 1990. The lowest BCUT2D eigenvalue weighted by atomic mass is 10.0. The monoisotopic (exact) mass is 662 g/mol. The number of primary amides is 1. The van der Waals surface area contributed by atoms with E-state index in [1.54, 1.807) is 13.1 Å². The van der Waals surface area contributed by atoms with Gasteiger partial charge in [0.15, 0.2) is 0 Å². The number of carbonyl (C=O) groups excluding carboxylic acids is 2. The number of fused-ring (bicyclic) bond motifs is 1. The van der Waals surface area contributed by atoms with Gasteiger partial charge in [-0.3, -0.25) is 14.4 Å². The molecule has 44 heavy (non-hydrogen) atoms. The SMILES string of the molecule is CN([C@H]1CCN(c2cc(NC(=O)Cn3cc(-c4cc(Cl)c(O)c(C(N)=O)c4)c4c(=O)n(C)cnc43)c(Cl)cn2)C1)S(C)(=O)=O. The van der Waals surface area contributed by atoms with Gasteiger partial charge in [-0.25, -0.2) is 22.7 Å². The molecular weight excluding hydrogens is 635 g/mol. The average molecular weight is 664 g/mol. The number of amides is 2. The van der Waals surface area contributed by atoms with Gasteiger partial charge in [0, 0.05) is 51.1 Å². The summed E-state index contributed by atoms with van der Waals surface area (Å²) in [5.74, 6) is -1.38. The first-order valence-corrected chi connectivity index (χ1v) is 15.8. The number of likely N-dealkylation sites (N-methyl/N-ethyl adjacent to an activating group) is 1. The number of nitrogens with two attached hydrogens (primary N) is 1. The smallest absolute Gasteiger partial charge is 0.263 e. The van der Waals surface area contributed by atoms with Gasteiger partial charge in [0.05, 0.1) is 45.5 Å². The molecule has 1 aliphatic rings. The fraction of sp³-hybridized carbons (Fsp3) is 0.296. The first-order valence-electron chi connectivity index (χ1n) is 13.2. The number of hydrogen-bond acceptors (Lipinski definition) is 9. The molecule has 0 bridgehead atoms. The summed E-state index contributed by atoms with van der Waals surface area (Å²) in [6.45, 7) is 0.706. The highest BCUT2D eigenvalue weighted by molar-refractivity contribution is 7.88. The number of nitrogens with one attached hydrogen (secondary N) is 1. The van der Waals surface area contributed by atoms with E-state index >= 15 is 0 Å². The Balaban J connectivity index is 1.44. The Labute approximate surface area is 261 Å². The maximum atomic E-state index is 13.3. The van der Waals surface area contributed by atoms with Crippen LogP contribution in [0.4, 0.5) is 11.5 Å². The second-order valence-electron chi connectivity index (χ2n) is 10.5. The molecule has 232 valence electrons. The zero-order chi connectivity index (χ0) is 32.1. The van der Waals surface area contributed by atoms with Crippen molar-refractivity contribution in [3.05, 3.63) is 62.9 Å². The summed E-state index contributed by atoms with van der Waals surface area (Å²) in [5, 5.41) is 13.2. The third kappa shape index (κ3) is 5.95. The number of nitrogens with zero attached hydrogens (tertiary/aromatic N) is 6. The van der Waals surface area contributed by atoms with Crippen LogP contribution in [0, 0.1) is 0 Å². The molecule has 17 heteroatoms. The Morgan fingerprint density at radius 1 is 1.20 bits per heavy atom. The minimum Gasteiger partial charge on any atom is -0.506 e. The van der Waals surface area contributed by atoms with Gasteiger partial charge in [0.2, 0.25) is 15.9 Å². The van der Waals surface area contributed by atoms with E-state index in [4.69, 9.17) is 28.9 Å². The number of sulfonamides is 1. The lowest BCUT2D eigenvalue weighted by molar-refractivity contribution is -0.116. The van der Waals surface area contributed by atoms with Crippen LogP contribution in [0.2, 0.25) is 10.0 Å². The van der Waals surface area contributed by atoms with Crippen LogP contribution >= 0.6 is 23.2 Å². The summed E-state index contributed by atoms with van der Waals surface area (Å²) < 4.78 is 28.0. The molecule has 0 saturated carbocycles. The quantitative estimate of drug-likeness (QED) is 0.254. The van der Waals surface area contributed by atoms with Crippen LogP contribution in [0.3, 0.4) is 0 Å². The van der Waals surface area contributed by atoms with Crippen molar-refractivity contribution in [2.75, 3.05) is 36.6 Å². The molecule has 5 rings (SSSR count). The molecule has 4 aromatic rings. The molecular formula is C27H28Cl2N8O6S. The summed E-state index contributed by atoms with van der Waals surface area (Å²) in [7, 11) is -0.298. The molecule has 2 amide bonds. The summed E-state index contributed by atoms with van der Waals surface area (Å²) in [6.07, 6.45) is 6.01. The summed E-state index contributed by atoms with van der Waals surface area (Å²) in [4.78, 5) is 49.0. The van der Waals surface area contributed by atoms with E-state index in [2.05, 4.69) is 15.3 Å². The molecule has 14 nitrogen and oxygen atoms in total. The summed E-state index contributed by atoms with van der Waals surface area (Å²) in [5.41, 5.74) is 5.87. The van der Waals surface area contributed by atoms with Crippen molar-refractivity contribution in [1.82, 2.24) is 23.4 Å². The number of pyridine rings is 1. The summed E-state index contributed by atoms with van der Waals surface area (Å²) in [6, 6.07) is 4.08. The van der Waals surface area contributed by atoms with Crippen molar-refractivity contribution in [3.8, 4) is 16.9 Å². The predicted octanol–water partition coefficient (Wildman–Crippen LogP) is 2.02. The van der Waals surface area contributed by atoms with Crippen molar-refractivity contribution < 1.29 is 23.1 Å². The van der Waals surface area contributed by atoms with Gasteiger partial charge < -0.3 is 30.2 Å². The first kappa shape index (κ1) is 31.3. The third-order valence-corrected chi connectivity index (χ3v) is 9.46. The van der Waals surface area contributed by atoms with Crippen LogP contribution in [-0.2, 0) is 28.4 Å². The highest BCUT2D eigenvalue weighted by atomic mass is 35.5. The number of benzene rings is 1. The van der Waals surface area contributed by atoms with Gasteiger partial charge in [-0.1, -0.05) is 23.2 Å². The van der Waals surface area contributed by atoms with Crippen molar-refractivity contribution >= 4 is 67.6 Å². The Morgan fingerprint density at radius 2 is 1.93 bits per heavy atom. The fourth-order valence-corrected chi connectivity index (χ4v) is 6.19. The molecule has 4 N–H and O–H groups in total. The zero-order valence-corrected chi connectivity index (χ0v) is 26.1. The van der Waals surface area contributed by atoms with E-state index < -0.39 is 33.1 Å². The third-order valence-electron chi connectivity index (χ3n) is 7.53. The maximum Gasteiger partial charge on any atom is 0.263 e. The Kier molecular flexibility index (Phi) is 8.33. The highest BCUT2D eigenvalue weighted by Crippen LogP contribution is 2.36. The van der Waals surface area contributed by atoms with E-state index in [0.717, 1.165) is 6.26 Å². The van der Waals surface area contributed by atoms with Crippen LogP contribution in [0.5, 0.6) is 5.75 Å². The van der Waals surface area contributed by atoms with E-state index in [1.807, 2.05) is 4.90 Å². The number of hydrogen-bond donors (Lipinski definition) is 3. The number of carbonyl (C=O) groups is 2. The predicted molar refractivity (Wildman–Crippen MR) is 167 cm³/mol. The van der Waals surface area contributed by atoms with Gasteiger partial charge >= 0.3 is 0 Å². The average Bonchev–Trinajstić information content (AvgIpc) is 3.58. The van der Waals surface area contributed by atoms with Crippen molar-refractivity contribution in [2.45, 2.75) is 19.0 Å². The molecule has 4 heterocycles.